The zero-order chi connectivity index (χ0) is 13.8. The van der Waals surface area contributed by atoms with Crippen molar-refractivity contribution in [3.8, 4) is 11.6 Å². The molecule has 1 atom stereocenters. The van der Waals surface area contributed by atoms with E-state index in [4.69, 9.17) is 4.74 Å². The van der Waals surface area contributed by atoms with Crippen LogP contribution in [0.4, 0.5) is 0 Å². The molecular formula is C17H20N2O. The minimum absolute atomic E-state index is 0.413. The Balaban J connectivity index is 1.88. The summed E-state index contributed by atoms with van der Waals surface area (Å²) in [4.78, 5) is 6.84. The fraction of sp³-hybridized carbons (Fsp3) is 0.353. The van der Waals surface area contributed by atoms with Gasteiger partial charge in [-0.2, -0.15) is 0 Å². The Labute approximate surface area is 120 Å². The number of pyridine rings is 1. The van der Waals surface area contributed by atoms with Crippen LogP contribution in [0.5, 0.6) is 11.6 Å². The second kappa shape index (κ2) is 6.06. The first-order chi connectivity index (χ1) is 9.84. The number of aromatic nitrogens is 1. The quantitative estimate of drug-likeness (QED) is 0.840. The van der Waals surface area contributed by atoms with Crippen molar-refractivity contribution in [1.29, 1.82) is 0 Å². The van der Waals surface area contributed by atoms with E-state index >= 15 is 0 Å². The maximum absolute atomic E-state index is 5.97. The highest BCUT2D eigenvalue weighted by molar-refractivity contribution is 5.34. The third-order valence-electron chi connectivity index (χ3n) is 3.89. The van der Waals surface area contributed by atoms with Crippen molar-refractivity contribution < 1.29 is 4.74 Å². The monoisotopic (exact) mass is 268 g/mol. The first-order valence-corrected chi connectivity index (χ1v) is 7.22. The molecule has 3 nitrogen and oxygen atoms in total. The Morgan fingerprint density at radius 1 is 1.10 bits per heavy atom. The van der Waals surface area contributed by atoms with Gasteiger partial charge in [0.2, 0.25) is 5.88 Å². The predicted molar refractivity (Wildman–Crippen MR) is 80.0 cm³/mol. The molecule has 0 bridgehead atoms. The number of nitrogens with zero attached hydrogens (tertiary/aromatic N) is 2. The van der Waals surface area contributed by atoms with Gasteiger partial charge >= 0.3 is 0 Å². The van der Waals surface area contributed by atoms with Gasteiger partial charge in [0, 0.05) is 17.8 Å². The molecule has 104 valence electrons. The second-order valence-electron chi connectivity index (χ2n) is 5.31. The summed E-state index contributed by atoms with van der Waals surface area (Å²) in [7, 11) is 2.18. The third-order valence-corrected chi connectivity index (χ3v) is 3.89. The van der Waals surface area contributed by atoms with E-state index in [-0.39, 0.29) is 0 Å². The highest BCUT2D eigenvalue weighted by atomic mass is 16.5. The molecular weight excluding hydrogens is 248 g/mol. The van der Waals surface area contributed by atoms with Gasteiger partial charge < -0.3 is 4.74 Å². The van der Waals surface area contributed by atoms with Crippen LogP contribution in [-0.4, -0.2) is 23.5 Å². The van der Waals surface area contributed by atoms with Crippen molar-refractivity contribution in [2.45, 2.75) is 25.3 Å². The lowest BCUT2D eigenvalue weighted by molar-refractivity contribution is 0.184. The molecule has 20 heavy (non-hydrogen) atoms. The fourth-order valence-corrected chi connectivity index (χ4v) is 2.81. The van der Waals surface area contributed by atoms with Crippen LogP contribution < -0.4 is 4.74 Å². The number of hydrogen-bond acceptors (Lipinski definition) is 3. The first-order valence-electron chi connectivity index (χ1n) is 7.22. The predicted octanol–water partition coefficient (Wildman–Crippen LogP) is 4.03. The lowest BCUT2D eigenvalue weighted by atomic mass is 9.96. The lowest BCUT2D eigenvalue weighted by Crippen LogP contribution is -2.29. The number of rotatable bonds is 3. The average molecular weight is 268 g/mol. The molecule has 1 aromatic carbocycles. The summed E-state index contributed by atoms with van der Waals surface area (Å²) in [5, 5.41) is 0. The number of piperidine rings is 1. The number of benzene rings is 1. The van der Waals surface area contributed by atoms with Gasteiger partial charge in [0.15, 0.2) is 0 Å². The molecule has 3 rings (SSSR count). The fourth-order valence-electron chi connectivity index (χ4n) is 2.81. The second-order valence-corrected chi connectivity index (χ2v) is 5.31. The van der Waals surface area contributed by atoms with Crippen molar-refractivity contribution in [1.82, 2.24) is 9.88 Å². The Morgan fingerprint density at radius 2 is 1.95 bits per heavy atom. The van der Waals surface area contributed by atoms with Crippen LogP contribution in [0.2, 0.25) is 0 Å². The van der Waals surface area contributed by atoms with Crippen molar-refractivity contribution >= 4 is 0 Å². The zero-order valence-corrected chi connectivity index (χ0v) is 11.8. The standard InChI is InChI=1S/C17H20N2O/c1-19-13-6-5-11-16(19)15-10-7-12-18-17(15)20-14-8-3-2-4-9-14/h2-4,7-10,12,16H,5-6,11,13H2,1H3. The molecule has 2 heterocycles. The van der Waals surface area contributed by atoms with Crippen molar-refractivity contribution in [2.24, 2.45) is 0 Å². The molecule has 1 saturated heterocycles. The molecule has 2 aromatic rings. The molecule has 0 amide bonds. The van der Waals surface area contributed by atoms with E-state index in [0.717, 1.165) is 18.2 Å². The highest BCUT2D eigenvalue weighted by Gasteiger charge is 2.24. The summed E-state index contributed by atoms with van der Waals surface area (Å²) in [5.41, 5.74) is 1.19. The average Bonchev–Trinajstić information content (AvgIpc) is 2.50. The van der Waals surface area contributed by atoms with Gasteiger partial charge in [-0.3, -0.25) is 4.90 Å². The van der Waals surface area contributed by atoms with Crippen LogP contribution in [0.3, 0.4) is 0 Å². The van der Waals surface area contributed by atoms with E-state index < -0.39 is 0 Å². The molecule has 1 unspecified atom stereocenters. The first kappa shape index (κ1) is 13.1. The number of ether oxygens (including phenoxy) is 1. The molecule has 0 aliphatic carbocycles. The van der Waals surface area contributed by atoms with Crippen molar-refractivity contribution in [3.05, 3.63) is 54.2 Å². The van der Waals surface area contributed by atoms with Gasteiger partial charge in [0.05, 0.1) is 0 Å². The summed E-state index contributed by atoms with van der Waals surface area (Å²) in [6.45, 7) is 1.14. The summed E-state index contributed by atoms with van der Waals surface area (Å²) in [6.07, 6.45) is 5.52. The van der Waals surface area contributed by atoms with E-state index in [1.807, 2.05) is 36.4 Å². The molecule has 0 N–H and O–H groups in total. The zero-order valence-electron chi connectivity index (χ0n) is 11.8. The van der Waals surface area contributed by atoms with Crippen LogP contribution in [0.25, 0.3) is 0 Å². The highest BCUT2D eigenvalue weighted by Crippen LogP contribution is 2.35. The van der Waals surface area contributed by atoms with Crippen LogP contribution >= 0.6 is 0 Å². The molecule has 1 aromatic heterocycles. The summed E-state index contributed by atoms with van der Waals surface area (Å²) in [6, 6.07) is 14.4. The summed E-state index contributed by atoms with van der Waals surface area (Å²) < 4.78 is 5.97. The Bertz CT molecular complexity index is 556. The van der Waals surface area contributed by atoms with Crippen molar-refractivity contribution in [2.75, 3.05) is 13.6 Å². The number of hydrogen-bond donors (Lipinski definition) is 0. The van der Waals surface area contributed by atoms with Gasteiger partial charge in [0.25, 0.3) is 0 Å². The van der Waals surface area contributed by atoms with Gasteiger partial charge in [0.1, 0.15) is 5.75 Å². The van der Waals surface area contributed by atoms with Gasteiger partial charge in [-0.25, -0.2) is 4.98 Å². The van der Waals surface area contributed by atoms with Gasteiger partial charge in [-0.1, -0.05) is 30.7 Å². The minimum atomic E-state index is 0.413. The molecule has 1 fully saturated rings. The van der Waals surface area contributed by atoms with E-state index in [1.165, 1.54) is 24.8 Å². The summed E-state index contributed by atoms with van der Waals surface area (Å²) >= 11 is 0. The van der Waals surface area contributed by atoms with E-state index in [2.05, 4.69) is 23.0 Å². The number of likely N-dealkylation sites (tertiary alicyclic amines) is 1. The van der Waals surface area contributed by atoms with Crippen LogP contribution in [0.15, 0.2) is 48.7 Å². The molecule has 3 heteroatoms. The Hall–Kier alpha value is -1.87. The Kier molecular flexibility index (Phi) is 3.97. The third kappa shape index (κ3) is 2.83. The molecule has 0 radical (unpaired) electrons. The van der Waals surface area contributed by atoms with E-state index in [1.54, 1.807) is 6.20 Å². The van der Waals surface area contributed by atoms with Gasteiger partial charge in [-0.05, 0) is 44.6 Å². The topological polar surface area (TPSA) is 25.4 Å². The maximum Gasteiger partial charge on any atom is 0.223 e. The van der Waals surface area contributed by atoms with Crippen LogP contribution in [0.1, 0.15) is 30.9 Å². The van der Waals surface area contributed by atoms with E-state index in [0.29, 0.717) is 6.04 Å². The van der Waals surface area contributed by atoms with Crippen molar-refractivity contribution in [3.63, 3.8) is 0 Å². The van der Waals surface area contributed by atoms with E-state index in [9.17, 15) is 0 Å². The van der Waals surface area contributed by atoms with Crippen LogP contribution in [0, 0.1) is 0 Å². The largest absolute Gasteiger partial charge is 0.439 e. The number of para-hydroxylation sites is 1. The molecule has 0 saturated carbocycles. The molecule has 0 spiro atoms. The Morgan fingerprint density at radius 3 is 2.75 bits per heavy atom. The normalized spacial score (nSPS) is 19.8. The molecule has 1 aliphatic rings. The minimum Gasteiger partial charge on any atom is -0.439 e. The van der Waals surface area contributed by atoms with Gasteiger partial charge in [-0.15, -0.1) is 0 Å². The SMILES string of the molecule is CN1CCCCC1c1cccnc1Oc1ccccc1. The maximum atomic E-state index is 5.97. The lowest BCUT2D eigenvalue weighted by Gasteiger charge is -2.33. The smallest absolute Gasteiger partial charge is 0.223 e. The molecule has 1 aliphatic heterocycles. The van der Waals surface area contributed by atoms with Crippen LogP contribution in [-0.2, 0) is 0 Å². The summed E-state index contributed by atoms with van der Waals surface area (Å²) in [5.74, 6) is 1.57.